The Kier molecular flexibility index (Phi) is 5.09. The fraction of sp³-hybridized carbons (Fsp3) is 0.333. The van der Waals surface area contributed by atoms with Gasteiger partial charge in [-0.2, -0.15) is 13.2 Å². The molecule has 0 saturated heterocycles. The van der Waals surface area contributed by atoms with Gasteiger partial charge in [0.15, 0.2) is 0 Å². The Bertz CT molecular complexity index is 526. The molecule has 1 aromatic carbocycles. The molecule has 1 rings (SSSR count). The minimum Gasteiger partial charge on any atom is -0.507 e. The first kappa shape index (κ1) is 16.0. The van der Waals surface area contributed by atoms with Gasteiger partial charge in [-0.1, -0.05) is 0 Å². The van der Waals surface area contributed by atoms with Crippen molar-refractivity contribution in [2.24, 2.45) is 4.99 Å². The number of alkyl halides is 3. The van der Waals surface area contributed by atoms with E-state index in [-0.39, 0.29) is 24.3 Å². The average Bonchev–Trinajstić information content (AvgIpc) is 2.38. The number of aromatic hydroxyl groups is 1. The Morgan fingerprint density at radius 3 is 2.60 bits per heavy atom. The minimum absolute atomic E-state index is 0.0384. The van der Waals surface area contributed by atoms with Crippen LogP contribution in [0.3, 0.4) is 0 Å². The Morgan fingerprint density at radius 1 is 1.45 bits per heavy atom. The van der Waals surface area contributed by atoms with Crippen LogP contribution in [0, 0.1) is 0 Å². The van der Waals surface area contributed by atoms with E-state index in [1.165, 1.54) is 0 Å². The number of aliphatic hydroxyl groups is 1. The molecular weight excluding hydrogens is 279 g/mol. The van der Waals surface area contributed by atoms with Crippen LogP contribution in [0.1, 0.15) is 21.5 Å². The largest absolute Gasteiger partial charge is 0.507 e. The number of phenols is 1. The summed E-state index contributed by atoms with van der Waals surface area (Å²) in [4.78, 5) is 14.9. The van der Waals surface area contributed by atoms with Gasteiger partial charge < -0.3 is 14.9 Å². The third-order valence-electron chi connectivity index (χ3n) is 2.33. The molecular formula is C12H12F3NO4. The summed E-state index contributed by atoms with van der Waals surface area (Å²) in [5, 5.41) is 18.1. The van der Waals surface area contributed by atoms with Crippen molar-refractivity contribution < 1.29 is 32.9 Å². The van der Waals surface area contributed by atoms with Crippen molar-refractivity contribution >= 4 is 12.2 Å². The van der Waals surface area contributed by atoms with Crippen molar-refractivity contribution in [3.8, 4) is 5.75 Å². The lowest BCUT2D eigenvalue weighted by Crippen LogP contribution is -2.10. The molecule has 110 valence electrons. The molecule has 0 spiro atoms. The summed E-state index contributed by atoms with van der Waals surface area (Å²) in [6.07, 6.45) is -3.87. The van der Waals surface area contributed by atoms with Gasteiger partial charge in [0.25, 0.3) is 0 Å². The molecule has 0 saturated carbocycles. The molecule has 0 amide bonds. The van der Waals surface area contributed by atoms with E-state index < -0.39 is 23.5 Å². The summed E-state index contributed by atoms with van der Waals surface area (Å²) in [7, 11) is 1.03. The molecule has 0 bridgehead atoms. The molecule has 0 radical (unpaired) electrons. The third kappa shape index (κ3) is 3.70. The van der Waals surface area contributed by atoms with Gasteiger partial charge >= 0.3 is 12.1 Å². The second kappa shape index (κ2) is 6.38. The van der Waals surface area contributed by atoms with Crippen LogP contribution in [0.25, 0.3) is 0 Å². The third-order valence-corrected chi connectivity index (χ3v) is 2.33. The number of carbonyl (C=O) groups is 1. The number of hydrogen-bond acceptors (Lipinski definition) is 5. The van der Waals surface area contributed by atoms with Crippen LogP contribution in [0.5, 0.6) is 5.75 Å². The Hall–Kier alpha value is -2.09. The zero-order valence-corrected chi connectivity index (χ0v) is 10.4. The van der Waals surface area contributed by atoms with Gasteiger partial charge in [0.2, 0.25) is 0 Å². The number of carbonyl (C=O) groups excluding carboxylic acids is 1. The van der Waals surface area contributed by atoms with Crippen LogP contribution in [0.15, 0.2) is 17.1 Å². The molecule has 0 fully saturated rings. The molecule has 0 aliphatic rings. The number of methoxy groups -OCH3 is 1. The highest BCUT2D eigenvalue weighted by atomic mass is 19.4. The Labute approximate surface area is 112 Å². The number of aliphatic imine (C=N–C) groups is 1. The number of benzene rings is 1. The van der Waals surface area contributed by atoms with Gasteiger partial charge in [-0.05, 0) is 12.1 Å². The number of phenolic OH excluding ortho intramolecular Hbond substituents is 1. The molecule has 2 N–H and O–H groups in total. The highest BCUT2D eigenvalue weighted by Gasteiger charge is 2.35. The van der Waals surface area contributed by atoms with Gasteiger partial charge in [-0.15, -0.1) is 0 Å². The number of rotatable bonds is 4. The van der Waals surface area contributed by atoms with Crippen molar-refractivity contribution in [3.05, 3.63) is 28.8 Å². The molecule has 20 heavy (non-hydrogen) atoms. The predicted molar refractivity (Wildman–Crippen MR) is 64.0 cm³/mol. The van der Waals surface area contributed by atoms with Gasteiger partial charge in [0, 0.05) is 11.8 Å². The number of esters is 1. The maximum absolute atomic E-state index is 12.8. The first-order valence-electron chi connectivity index (χ1n) is 5.44. The van der Waals surface area contributed by atoms with Crippen LogP contribution >= 0.6 is 0 Å². The molecule has 0 aliphatic carbocycles. The van der Waals surface area contributed by atoms with E-state index in [9.17, 15) is 23.1 Å². The van der Waals surface area contributed by atoms with Gasteiger partial charge in [0.1, 0.15) is 5.75 Å². The van der Waals surface area contributed by atoms with Crippen molar-refractivity contribution in [2.75, 3.05) is 20.3 Å². The molecule has 8 heteroatoms. The maximum Gasteiger partial charge on any atom is 0.420 e. The summed E-state index contributed by atoms with van der Waals surface area (Å²) in [5.41, 5.74) is -2.00. The molecule has 5 nitrogen and oxygen atoms in total. The molecule has 0 aliphatic heterocycles. The highest BCUT2D eigenvalue weighted by Crippen LogP contribution is 2.38. The number of nitrogens with zero attached hydrogens (tertiary/aromatic N) is 1. The number of aliphatic hydroxyl groups excluding tert-OH is 1. The molecule has 0 unspecified atom stereocenters. The van der Waals surface area contributed by atoms with E-state index in [1.807, 2.05) is 0 Å². The Morgan fingerprint density at radius 2 is 2.10 bits per heavy atom. The van der Waals surface area contributed by atoms with E-state index in [4.69, 9.17) is 5.11 Å². The van der Waals surface area contributed by atoms with Gasteiger partial charge in [-0.25, -0.2) is 4.79 Å². The smallest absolute Gasteiger partial charge is 0.420 e. The lowest BCUT2D eigenvalue weighted by molar-refractivity contribution is -0.138. The average molecular weight is 291 g/mol. The number of hydrogen-bond donors (Lipinski definition) is 2. The zero-order chi connectivity index (χ0) is 15.3. The van der Waals surface area contributed by atoms with Crippen LogP contribution in [0.4, 0.5) is 13.2 Å². The van der Waals surface area contributed by atoms with Crippen LogP contribution in [-0.2, 0) is 10.9 Å². The normalized spacial score (nSPS) is 11.8. The van der Waals surface area contributed by atoms with Crippen molar-refractivity contribution in [2.45, 2.75) is 6.18 Å². The first-order valence-corrected chi connectivity index (χ1v) is 5.44. The minimum atomic E-state index is -4.83. The Balaban J connectivity index is 3.38. The second-order valence-corrected chi connectivity index (χ2v) is 3.71. The summed E-state index contributed by atoms with van der Waals surface area (Å²) in [6, 6.07) is 1.53. The van der Waals surface area contributed by atoms with E-state index >= 15 is 0 Å². The lowest BCUT2D eigenvalue weighted by atomic mass is 10.0. The predicted octanol–water partition coefficient (Wildman–Crippen LogP) is 1.61. The quantitative estimate of drug-likeness (QED) is 0.652. The van der Waals surface area contributed by atoms with Crippen molar-refractivity contribution in [1.29, 1.82) is 0 Å². The lowest BCUT2D eigenvalue weighted by Gasteiger charge is -2.12. The standard InChI is InChI=1S/C12H12F3NO4/c1-20-11(19)7-4-8(6-16-2-3-17)10(18)9(5-7)12(13,14)15/h4-6,17-18H,2-3H2,1H3/b16-6+. The molecule has 0 heterocycles. The number of halogens is 3. The van der Waals surface area contributed by atoms with E-state index in [0.717, 1.165) is 19.4 Å². The van der Waals surface area contributed by atoms with Gasteiger partial charge in [-0.3, -0.25) is 4.99 Å². The zero-order valence-electron chi connectivity index (χ0n) is 10.4. The fourth-order valence-electron chi connectivity index (χ4n) is 1.43. The maximum atomic E-state index is 12.8. The monoisotopic (exact) mass is 291 g/mol. The van der Waals surface area contributed by atoms with Gasteiger partial charge in [0.05, 0.1) is 31.4 Å². The van der Waals surface area contributed by atoms with E-state index in [1.54, 1.807) is 0 Å². The van der Waals surface area contributed by atoms with Crippen molar-refractivity contribution in [1.82, 2.24) is 0 Å². The van der Waals surface area contributed by atoms with E-state index in [2.05, 4.69) is 9.73 Å². The highest BCUT2D eigenvalue weighted by molar-refractivity contribution is 5.94. The first-order chi connectivity index (χ1) is 9.31. The topological polar surface area (TPSA) is 79.1 Å². The molecule has 0 atom stereocenters. The van der Waals surface area contributed by atoms with Crippen LogP contribution in [-0.4, -0.2) is 42.7 Å². The summed E-state index contributed by atoms with van der Waals surface area (Å²) >= 11 is 0. The fourth-order valence-corrected chi connectivity index (χ4v) is 1.43. The van der Waals surface area contributed by atoms with Crippen LogP contribution in [0.2, 0.25) is 0 Å². The second-order valence-electron chi connectivity index (χ2n) is 3.71. The molecule has 1 aromatic rings. The van der Waals surface area contributed by atoms with Crippen LogP contribution < -0.4 is 0 Å². The van der Waals surface area contributed by atoms with Crippen molar-refractivity contribution in [3.63, 3.8) is 0 Å². The number of ether oxygens (including phenoxy) is 1. The van der Waals surface area contributed by atoms with E-state index in [0.29, 0.717) is 6.07 Å². The SMILES string of the molecule is COC(=O)c1cc(/C=N/CCO)c(O)c(C(F)(F)F)c1. The summed E-state index contributed by atoms with van der Waals surface area (Å²) < 4.78 is 42.7. The summed E-state index contributed by atoms with van der Waals surface area (Å²) in [6.45, 7) is -0.330. The summed E-state index contributed by atoms with van der Waals surface area (Å²) in [5.74, 6) is -2.00. The molecule has 0 aromatic heterocycles.